The van der Waals surface area contributed by atoms with E-state index in [9.17, 15) is 19.5 Å². The maximum absolute atomic E-state index is 13.5. The van der Waals surface area contributed by atoms with Crippen LogP contribution in [0.5, 0.6) is 17.2 Å². The van der Waals surface area contributed by atoms with Gasteiger partial charge in [-0.15, -0.1) is 11.3 Å². The van der Waals surface area contributed by atoms with E-state index in [-0.39, 0.29) is 41.7 Å². The summed E-state index contributed by atoms with van der Waals surface area (Å²) in [7, 11) is 0. The number of hydrogen-bond donors (Lipinski definition) is 3. The summed E-state index contributed by atoms with van der Waals surface area (Å²) in [6, 6.07) is 11.8. The Bertz CT molecular complexity index is 1930. The first-order valence-corrected chi connectivity index (χ1v) is 23.2. The zero-order valence-electron chi connectivity index (χ0n) is 36.0. The number of phenolic OH excluding ortho intramolecular Hbond substituents is 1. The van der Waals surface area contributed by atoms with Gasteiger partial charge in [0.25, 0.3) is 11.8 Å². The number of piperidine rings is 1. The van der Waals surface area contributed by atoms with E-state index in [1.165, 1.54) is 6.42 Å². The van der Waals surface area contributed by atoms with Gasteiger partial charge in [0.05, 0.1) is 43.4 Å². The maximum atomic E-state index is 13.5. The molecule has 2 aromatic carbocycles. The van der Waals surface area contributed by atoms with Gasteiger partial charge >= 0.3 is 0 Å². The lowest BCUT2D eigenvalue weighted by atomic mass is 9.89. The third-order valence-electron chi connectivity index (χ3n) is 12.4. The van der Waals surface area contributed by atoms with Crippen molar-refractivity contribution in [2.24, 2.45) is 0 Å². The second kappa shape index (κ2) is 21.7. The summed E-state index contributed by atoms with van der Waals surface area (Å²) >= 11 is 1.56. The summed E-state index contributed by atoms with van der Waals surface area (Å²) in [4.78, 5) is 49.5. The number of fused-ring (bicyclic) bond motifs is 1. The highest BCUT2D eigenvalue weighted by Gasteiger charge is 2.41. The summed E-state index contributed by atoms with van der Waals surface area (Å²) in [6.07, 6.45) is 9.11. The first kappa shape index (κ1) is 44.8. The molecule has 2 saturated heterocycles. The number of benzene rings is 2. The second-order valence-electron chi connectivity index (χ2n) is 17.1. The lowest BCUT2D eigenvalue weighted by molar-refractivity contribution is -0.135. The van der Waals surface area contributed by atoms with Gasteiger partial charge in [-0.3, -0.25) is 19.3 Å². The van der Waals surface area contributed by atoms with Gasteiger partial charge < -0.3 is 44.5 Å². The van der Waals surface area contributed by atoms with Crippen LogP contribution in [-0.4, -0.2) is 140 Å². The van der Waals surface area contributed by atoms with Crippen molar-refractivity contribution in [3.63, 3.8) is 0 Å². The normalized spacial score (nSPS) is 18.1. The lowest BCUT2D eigenvalue weighted by Gasteiger charge is -2.47. The Hall–Kier alpha value is -4.28. The molecule has 4 heterocycles. The van der Waals surface area contributed by atoms with E-state index >= 15 is 0 Å². The van der Waals surface area contributed by atoms with E-state index in [1.807, 2.05) is 28.5 Å². The number of anilines is 1. The Morgan fingerprint density at radius 2 is 1.90 bits per heavy atom. The molecular weight excluding hydrogens is 797 g/mol. The number of aromatic hydroxyl groups is 1. The van der Waals surface area contributed by atoms with E-state index in [2.05, 4.69) is 51.4 Å². The molecule has 61 heavy (non-hydrogen) atoms. The van der Waals surface area contributed by atoms with Crippen molar-refractivity contribution < 1.29 is 38.4 Å². The molecule has 1 aromatic heterocycles. The molecule has 1 aliphatic carbocycles. The smallest absolute Gasteiger partial charge is 0.273 e. The summed E-state index contributed by atoms with van der Waals surface area (Å²) < 4.78 is 24.1. The number of likely N-dealkylation sites (tertiary alicyclic amines) is 1. The Kier molecular flexibility index (Phi) is 15.9. The molecule has 0 radical (unpaired) electrons. The average molecular weight is 861 g/mol. The molecule has 3 fully saturated rings. The molecule has 3 amide bonds. The number of hydrogen-bond acceptors (Lipinski definition) is 12. The third-order valence-corrected chi connectivity index (χ3v) is 13.5. The molecule has 0 atom stereocenters. The van der Waals surface area contributed by atoms with E-state index in [4.69, 9.17) is 18.9 Å². The monoisotopic (exact) mass is 860 g/mol. The number of ether oxygens (including phenoxy) is 4. The van der Waals surface area contributed by atoms with Crippen LogP contribution in [0.1, 0.15) is 97.8 Å². The van der Waals surface area contributed by atoms with Crippen molar-refractivity contribution in [1.29, 1.82) is 0 Å². The van der Waals surface area contributed by atoms with Gasteiger partial charge in [0.15, 0.2) is 12.4 Å². The zero-order valence-corrected chi connectivity index (χ0v) is 36.8. The molecule has 1 saturated carbocycles. The van der Waals surface area contributed by atoms with Gasteiger partial charge in [-0.2, -0.15) is 0 Å². The third kappa shape index (κ3) is 12.2. The summed E-state index contributed by atoms with van der Waals surface area (Å²) in [5.41, 5.74) is 2.63. The van der Waals surface area contributed by atoms with Crippen molar-refractivity contribution in [2.75, 3.05) is 90.7 Å². The molecule has 0 unspecified atom stereocenters. The number of phenols is 1. The number of carbonyl (C=O) groups is 3. The number of carbonyl (C=O) groups excluding carboxylic acids is 3. The molecule has 14 nitrogen and oxygen atoms in total. The number of amides is 3. The largest absolute Gasteiger partial charge is 0.506 e. The topological polar surface area (TPSA) is 155 Å². The van der Waals surface area contributed by atoms with Gasteiger partial charge in [0.1, 0.15) is 29.5 Å². The fraction of sp³-hybridized carbons (Fsp3) is 0.609. The highest BCUT2D eigenvalue weighted by molar-refractivity contribution is 7.09. The van der Waals surface area contributed by atoms with Crippen molar-refractivity contribution in [1.82, 2.24) is 25.0 Å². The summed E-state index contributed by atoms with van der Waals surface area (Å²) in [5.74, 6) is 1.54. The van der Waals surface area contributed by atoms with Gasteiger partial charge in [0.2, 0.25) is 5.91 Å². The SMILES string of the molecule is CC(C)c1nc(C(=O)N2CCOC3(CCN(CCOc4cccc(CCOCCC(=O)N(CCNCCc5ccc(O)c6c5OCC(=O)N6)C5CCCCC5)c4)CC3)C2)cs1. The molecule has 15 heteroatoms. The molecule has 7 rings (SSSR count). The lowest BCUT2D eigenvalue weighted by Crippen LogP contribution is -2.58. The Balaban J connectivity index is 0.779. The van der Waals surface area contributed by atoms with Crippen LogP contribution in [0, 0.1) is 0 Å². The van der Waals surface area contributed by atoms with Crippen LogP contribution < -0.4 is 20.1 Å². The Labute approximate surface area is 364 Å². The Morgan fingerprint density at radius 3 is 2.70 bits per heavy atom. The summed E-state index contributed by atoms with van der Waals surface area (Å²) in [6.45, 7) is 12.0. The first-order chi connectivity index (χ1) is 29.7. The van der Waals surface area contributed by atoms with Gasteiger partial charge in [-0.25, -0.2) is 4.98 Å². The van der Waals surface area contributed by atoms with Gasteiger partial charge in [0, 0.05) is 56.6 Å². The van der Waals surface area contributed by atoms with Crippen LogP contribution in [-0.2, 0) is 31.9 Å². The number of nitrogens with one attached hydrogen (secondary N) is 2. The van der Waals surface area contributed by atoms with E-state index < -0.39 is 0 Å². The predicted octanol–water partition coefficient (Wildman–Crippen LogP) is 5.63. The van der Waals surface area contributed by atoms with Crippen molar-refractivity contribution in [2.45, 2.75) is 95.6 Å². The van der Waals surface area contributed by atoms with Crippen LogP contribution in [0.3, 0.4) is 0 Å². The highest BCUT2D eigenvalue weighted by Crippen LogP contribution is 2.39. The second-order valence-corrected chi connectivity index (χ2v) is 18.0. The number of rotatable bonds is 19. The van der Waals surface area contributed by atoms with Crippen LogP contribution in [0.25, 0.3) is 0 Å². The molecule has 3 aliphatic heterocycles. The molecule has 3 aromatic rings. The van der Waals surface area contributed by atoms with Gasteiger partial charge in [-0.1, -0.05) is 51.3 Å². The Morgan fingerprint density at radius 1 is 1.07 bits per heavy atom. The standard InChI is InChI=1S/C46H64N6O8S/c1-33(2)44-48-38(31-61-44)45(56)51-24-28-60-46(32-51)16-20-50(21-17-46)23-27-58-37-10-6-7-34(29-37)14-25-57-26-15-41(55)52(36-8-4-3-5-9-36)22-19-47-18-13-35-11-12-39(53)42-43(35)59-30-40(54)49-42/h6-7,10-12,29,31,33,36,47,53H,3-5,8-9,13-28,30,32H2,1-2H3,(H,49,54). The minimum atomic E-state index is -0.296. The number of nitrogens with zero attached hydrogens (tertiary/aromatic N) is 4. The van der Waals surface area contributed by atoms with Crippen molar-refractivity contribution in [3.8, 4) is 17.2 Å². The maximum Gasteiger partial charge on any atom is 0.273 e. The zero-order chi connectivity index (χ0) is 42.6. The van der Waals surface area contributed by atoms with Crippen LogP contribution in [0.2, 0.25) is 0 Å². The minimum Gasteiger partial charge on any atom is -0.506 e. The van der Waals surface area contributed by atoms with Gasteiger partial charge in [-0.05, 0) is 74.4 Å². The fourth-order valence-electron chi connectivity index (χ4n) is 8.86. The molecule has 3 N–H and O–H groups in total. The number of morpholine rings is 1. The van der Waals surface area contributed by atoms with Crippen LogP contribution in [0.15, 0.2) is 41.8 Å². The van der Waals surface area contributed by atoms with Crippen molar-refractivity contribution >= 4 is 34.7 Å². The first-order valence-electron chi connectivity index (χ1n) is 22.3. The summed E-state index contributed by atoms with van der Waals surface area (Å²) in [5, 5.41) is 19.2. The molecule has 1 spiro atoms. The number of aromatic nitrogens is 1. The predicted molar refractivity (Wildman–Crippen MR) is 235 cm³/mol. The molecule has 4 aliphatic rings. The molecule has 0 bridgehead atoms. The molecule has 332 valence electrons. The minimum absolute atomic E-state index is 0.00720. The quantitative estimate of drug-likeness (QED) is 0.102. The van der Waals surface area contributed by atoms with E-state index in [1.54, 1.807) is 17.4 Å². The van der Waals surface area contributed by atoms with Crippen molar-refractivity contribution in [3.05, 3.63) is 63.6 Å². The average Bonchev–Trinajstić information content (AvgIpc) is 3.78. The van der Waals surface area contributed by atoms with Crippen LogP contribution >= 0.6 is 11.3 Å². The van der Waals surface area contributed by atoms with Crippen LogP contribution in [0.4, 0.5) is 5.69 Å². The molecular formula is C46H64N6O8S. The van der Waals surface area contributed by atoms with E-state index in [0.29, 0.717) is 95.0 Å². The number of thiazole rings is 1. The highest BCUT2D eigenvalue weighted by atomic mass is 32.1. The van der Waals surface area contributed by atoms with E-state index in [0.717, 1.165) is 86.5 Å². The fourth-order valence-corrected chi connectivity index (χ4v) is 9.67.